The van der Waals surface area contributed by atoms with Crippen molar-refractivity contribution < 1.29 is 50.4 Å². The molecule has 0 atom stereocenters. The molecule has 0 heterocycles. The number of esters is 1. The second-order valence-corrected chi connectivity index (χ2v) is 1.70. The number of carbonyl (C=O) groups excluding carboxylic acids is 1. The zero-order chi connectivity index (χ0) is 7.98. The van der Waals surface area contributed by atoms with Crippen LogP contribution in [0.3, 0.4) is 0 Å². The Labute approximate surface area is 88.7 Å². The maximum Gasteiger partial charge on any atom is 1.00 e. The maximum absolute atomic E-state index is 10.5. The van der Waals surface area contributed by atoms with Gasteiger partial charge in [0, 0.05) is 0 Å². The Morgan fingerprint density at radius 3 is 2.36 bits per heavy atom. The van der Waals surface area contributed by atoms with E-state index >= 15 is 0 Å². The monoisotopic (exact) mass is 170 g/mol. The fourth-order valence-corrected chi connectivity index (χ4v) is 0.442. The molecule has 0 unspecified atom stereocenters. The van der Waals surface area contributed by atoms with Crippen LogP contribution >= 0.6 is 0 Å². The van der Waals surface area contributed by atoms with E-state index in [4.69, 9.17) is 5.11 Å². The van der Waals surface area contributed by atoms with Crippen molar-refractivity contribution in [1.82, 2.24) is 0 Å². The number of hydrogen-bond acceptors (Lipinski definition) is 3. The van der Waals surface area contributed by atoms with Gasteiger partial charge in [-0.3, -0.25) is 9.59 Å². The van der Waals surface area contributed by atoms with Gasteiger partial charge in [-0.2, -0.15) is 0 Å². The molecule has 4 nitrogen and oxygen atoms in total. The normalized spacial score (nSPS) is 8.09. The van der Waals surface area contributed by atoms with Crippen LogP contribution in [0.2, 0.25) is 0 Å². The first-order valence-electron chi connectivity index (χ1n) is 3.04. The molecule has 0 saturated heterocycles. The smallest absolute Gasteiger partial charge is 1.00 e. The topological polar surface area (TPSA) is 63.6 Å². The fourth-order valence-electron chi connectivity index (χ4n) is 0.442. The van der Waals surface area contributed by atoms with E-state index in [1.807, 2.05) is 0 Å². The average molecular weight is 170 g/mol. The number of rotatable bonds is 4. The largest absolute Gasteiger partial charge is 1.00 e. The minimum Gasteiger partial charge on any atom is -1.00 e. The van der Waals surface area contributed by atoms with Gasteiger partial charge in [0.2, 0.25) is 0 Å². The van der Waals surface area contributed by atoms with Crippen molar-refractivity contribution in [3.63, 3.8) is 0 Å². The molecule has 0 aliphatic carbocycles. The van der Waals surface area contributed by atoms with E-state index in [0.717, 1.165) is 0 Å². The fraction of sp³-hybridized carbons (Fsp3) is 0.667. The molecule has 0 rings (SSSR count). The van der Waals surface area contributed by atoms with Crippen LogP contribution in [-0.4, -0.2) is 23.7 Å². The van der Waals surface area contributed by atoms with Gasteiger partial charge in [0.15, 0.2) is 0 Å². The Morgan fingerprint density at radius 1 is 1.45 bits per heavy atom. The summed E-state index contributed by atoms with van der Waals surface area (Å²) in [6.45, 7) is 1.98. The first-order valence-corrected chi connectivity index (χ1v) is 3.04. The summed E-state index contributed by atoms with van der Waals surface area (Å²) in [6, 6.07) is 0. The molecule has 11 heavy (non-hydrogen) atoms. The molecule has 0 radical (unpaired) electrons. The standard InChI is InChI=1S/C6H10O4.Na.H/c1-2-10-6(9)4-3-5(7)8;;/h2-4H2,1H3,(H,7,8);;/q;+1;-1. The van der Waals surface area contributed by atoms with Crippen LogP contribution in [0.25, 0.3) is 0 Å². The van der Waals surface area contributed by atoms with Crippen molar-refractivity contribution in [3.05, 3.63) is 0 Å². The van der Waals surface area contributed by atoms with Crippen molar-refractivity contribution >= 4 is 11.9 Å². The number of carboxylic acid groups (broad SMARTS) is 1. The van der Waals surface area contributed by atoms with Gasteiger partial charge in [0.25, 0.3) is 0 Å². The summed E-state index contributed by atoms with van der Waals surface area (Å²) in [4.78, 5) is 20.4. The zero-order valence-electron chi connectivity index (χ0n) is 7.79. The van der Waals surface area contributed by atoms with Gasteiger partial charge in [-0.25, -0.2) is 0 Å². The van der Waals surface area contributed by atoms with E-state index in [9.17, 15) is 9.59 Å². The van der Waals surface area contributed by atoms with Crippen LogP contribution in [-0.2, 0) is 14.3 Å². The van der Waals surface area contributed by atoms with Gasteiger partial charge in [-0.05, 0) is 6.92 Å². The van der Waals surface area contributed by atoms with Crippen LogP contribution in [0.4, 0.5) is 0 Å². The van der Waals surface area contributed by atoms with E-state index < -0.39 is 11.9 Å². The molecule has 0 fully saturated rings. The van der Waals surface area contributed by atoms with Gasteiger partial charge < -0.3 is 11.3 Å². The number of ether oxygens (including phenoxy) is 1. The van der Waals surface area contributed by atoms with Crippen LogP contribution in [0.1, 0.15) is 21.2 Å². The number of aliphatic carboxylic acids is 1. The molecule has 0 aromatic rings. The van der Waals surface area contributed by atoms with E-state index in [-0.39, 0.29) is 43.8 Å². The molecule has 0 saturated carbocycles. The number of carboxylic acids is 1. The van der Waals surface area contributed by atoms with Crippen LogP contribution < -0.4 is 29.6 Å². The Balaban J connectivity index is -0.000000405. The van der Waals surface area contributed by atoms with Crippen molar-refractivity contribution in [1.29, 1.82) is 0 Å². The Morgan fingerprint density at radius 2 is 2.00 bits per heavy atom. The average Bonchev–Trinajstić information content (AvgIpc) is 1.85. The third kappa shape index (κ3) is 9.94. The summed E-state index contributed by atoms with van der Waals surface area (Å²) in [5, 5.41) is 8.12. The number of hydrogen-bond donors (Lipinski definition) is 1. The first kappa shape index (κ1) is 13.5. The van der Waals surface area contributed by atoms with E-state index in [0.29, 0.717) is 6.61 Å². The molecule has 0 spiro atoms. The third-order valence-electron chi connectivity index (χ3n) is 0.848. The molecule has 0 amide bonds. The first-order chi connectivity index (χ1) is 4.66. The predicted octanol–water partition coefficient (Wildman–Crippen LogP) is -2.47. The molecular formula is C6H11NaO4. The van der Waals surface area contributed by atoms with Gasteiger partial charge in [0.1, 0.15) is 0 Å². The van der Waals surface area contributed by atoms with Crippen LogP contribution in [0.5, 0.6) is 0 Å². The SMILES string of the molecule is CCOC(=O)CCC(=O)O.[H-].[Na+]. The van der Waals surface area contributed by atoms with E-state index in [1.54, 1.807) is 6.92 Å². The molecule has 5 heteroatoms. The maximum atomic E-state index is 10.5. The molecule has 0 aliphatic heterocycles. The summed E-state index contributed by atoms with van der Waals surface area (Å²) in [5.74, 6) is -1.43. The van der Waals surface area contributed by atoms with Gasteiger partial charge >= 0.3 is 41.5 Å². The summed E-state index contributed by atoms with van der Waals surface area (Å²) < 4.78 is 4.49. The van der Waals surface area contributed by atoms with Crippen LogP contribution in [0.15, 0.2) is 0 Å². The van der Waals surface area contributed by atoms with Crippen molar-refractivity contribution in [2.75, 3.05) is 6.61 Å². The van der Waals surface area contributed by atoms with Crippen molar-refractivity contribution in [3.8, 4) is 0 Å². The zero-order valence-corrected chi connectivity index (χ0v) is 8.79. The molecular weight excluding hydrogens is 159 g/mol. The molecule has 0 aliphatic rings. The quantitative estimate of drug-likeness (QED) is 0.375. The van der Waals surface area contributed by atoms with Crippen molar-refractivity contribution in [2.24, 2.45) is 0 Å². The Kier molecular flexibility index (Phi) is 9.89. The van der Waals surface area contributed by atoms with E-state index in [1.165, 1.54) is 0 Å². The van der Waals surface area contributed by atoms with Gasteiger partial charge in [-0.1, -0.05) is 0 Å². The molecule has 0 aromatic carbocycles. The Bertz CT molecular complexity index is 140. The molecule has 0 bridgehead atoms. The summed E-state index contributed by atoms with van der Waals surface area (Å²) in [7, 11) is 0. The minimum absolute atomic E-state index is 0. The Hall–Kier alpha value is -0.0600. The molecule has 60 valence electrons. The second kappa shape index (κ2) is 8.04. The van der Waals surface area contributed by atoms with Crippen LogP contribution in [0, 0.1) is 0 Å². The number of carbonyl (C=O) groups is 2. The predicted molar refractivity (Wildman–Crippen MR) is 34.6 cm³/mol. The summed E-state index contributed by atoms with van der Waals surface area (Å²) in [5.41, 5.74) is 0. The molecule has 1 N–H and O–H groups in total. The summed E-state index contributed by atoms with van der Waals surface area (Å²) >= 11 is 0. The summed E-state index contributed by atoms with van der Waals surface area (Å²) in [6.07, 6.45) is -0.192. The second-order valence-electron chi connectivity index (χ2n) is 1.70. The van der Waals surface area contributed by atoms with Gasteiger partial charge in [-0.15, -0.1) is 0 Å². The van der Waals surface area contributed by atoms with Crippen molar-refractivity contribution in [2.45, 2.75) is 19.8 Å². The molecule has 0 aromatic heterocycles. The minimum atomic E-state index is -0.979. The van der Waals surface area contributed by atoms with E-state index in [2.05, 4.69) is 4.74 Å². The van der Waals surface area contributed by atoms with Gasteiger partial charge in [0.05, 0.1) is 19.4 Å². The third-order valence-corrected chi connectivity index (χ3v) is 0.848.